The Kier molecular flexibility index (Phi) is 7.71. The van der Waals surface area contributed by atoms with Crippen LogP contribution in [0.4, 0.5) is 0 Å². The van der Waals surface area contributed by atoms with Gasteiger partial charge in [-0.2, -0.15) is 0 Å². The molecule has 1 heterocycles. The fraction of sp³-hybridized carbons (Fsp3) is 0.400. The van der Waals surface area contributed by atoms with E-state index in [1.807, 2.05) is 30.3 Å². The van der Waals surface area contributed by atoms with Crippen LogP contribution in [0.25, 0.3) is 0 Å². The third-order valence-corrected chi connectivity index (χ3v) is 4.09. The number of benzene rings is 2. The van der Waals surface area contributed by atoms with Gasteiger partial charge >= 0.3 is 0 Å². The van der Waals surface area contributed by atoms with Crippen LogP contribution in [0.1, 0.15) is 30.4 Å². The second kappa shape index (κ2) is 10.1. The smallest absolute Gasteiger partial charge is 0.0178 e. The Morgan fingerprint density at radius 1 is 0.727 bits per heavy atom. The van der Waals surface area contributed by atoms with Gasteiger partial charge in [-0.05, 0) is 43.5 Å². The Morgan fingerprint density at radius 2 is 1.27 bits per heavy atom. The first-order valence-corrected chi connectivity index (χ1v) is 8.39. The molecule has 2 N–H and O–H groups in total. The van der Waals surface area contributed by atoms with Crippen LogP contribution in [-0.4, -0.2) is 24.5 Å². The first-order chi connectivity index (χ1) is 10.9. The predicted molar refractivity (Wildman–Crippen MR) is 94.8 cm³/mol. The average Bonchev–Trinajstić information content (AvgIpc) is 2.63. The molecule has 22 heavy (non-hydrogen) atoms. The molecule has 118 valence electrons. The summed E-state index contributed by atoms with van der Waals surface area (Å²) in [5.74, 6) is 0. The molecule has 0 amide bonds. The van der Waals surface area contributed by atoms with Gasteiger partial charge in [-0.3, -0.25) is 0 Å². The summed E-state index contributed by atoms with van der Waals surface area (Å²) in [5, 5.41) is 0. The van der Waals surface area contributed by atoms with Gasteiger partial charge in [-0.15, -0.1) is 0 Å². The van der Waals surface area contributed by atoms with Crippen molar-refractivity contribution in [3.8, 4) is 0 Å². The van der Waals surface area contributed by atoms with E-state index in [4.69, 9.17) is 5.73 Å². The minimum Gasteiger partial charge on any atom is -0.326 e. The first-order valence-electron chi connectivity index (χ1n) is 8.39. The lowest BCUT2D eigenvalue weighted by Crippen LogP contribution is -2.31. The molecule has 2 nitrogen and oxygen atoms in total. The Labute approximate surface area is 135 Å². The number of piperidine rings is 1. The molecular formula is C20H28N2. The Bertz CT molecular complexity index is 490. The van der Waals surface area contributed by atoms with Gasteiger partial charge in [0, 0.05) is 13.1 Å². The molecule has 0 spiro atoms. The van der Waals surface area contributed by atoms with Gasteiger partial charge in [0.2, 0.25) is 0 Å². The van der Waals surface area contributed by atoms with Crippen molar-refractivity contribution in [2.45, 2.75) is 32.2 Å². The van der Waals surface area contributed by atoms with Crippen LogP contribution in [0.5, 0.6) is 0 Å². The minimum absolute atomic E-state index is 0.640. The summed E-state index contributed by atoms with van der Waals surface area (Å²) in [4.78, 5) is 2.59. The lowest BCUT2D eigenvalue weighted by atomic mass is 10.1. The van der Waals surface area contributed by atoms with Gasteiger partial charge in [0.05, 0.1) is 0 Å². The third kappa shape index (κ3) is 6.42. The molecule has 0 saturated carbocycles. The van der Waals surface area contributed by atoms with Gasteiger partial charge in [-0.1, -0.05) is 67.1 Å². The SMILES string of the molecule is NCc1ccccc1.c1ccc(CCN2CCCCC2)cc1. The number of hydrogen-bond acceptors (Lipinski definition) is 2. The molecular weight excluding hydrogens is 268 g/mol. The van der Waals surface area contributed by atoms with Gasteiger partial charge in [0.1, 0.15) is 0 Å². The highest BCUT2D eigenvalue weighted by molar-refractivity contribution is 5.15. The van der Waals surface area contributed by atoms with E-state index in [2.05, 4.69) is 35.2 Å². The first kappa shape index (κ1) is 16.7. The van der Waals surface area contributed by atoms with Gasteiger partial charge < -0.3 is 10.6 Å². The zero-order valence-electron chi connectivity index (χ0n) is 13.5. The van der Waals surface area contributed by atoms with E-state index < -0.39 is 0 Å². The van der Waals surface area contributed by atoms with Crippen LogP contribution in [0.15, 0.2) is 60.7 Å². The topological polar surface area (TPSA) is 29.3 Å². The molecule has 2 aromatic carbocycles. The largest absolute Gasteiger partial charge is 0.326 e. The molecule has 2 aromatic rings. The molecule has 0 aliphatic carbocycles. The minimum atomic E-state index is 0.640. The second-order valence-electron chi connectivity index (χ2n) is 5.83. The maximum Gasteiger partial charge on any atom is 0.0178 e. The van der Waals surface area contributed by atoms with Crippen LogP contribution < -0.4 is 5.73 Å². The normalized spacial score (nSPS) is 15.0. The maximum atomic E-state index is 5.35. The van der Waals surface area contributed by atoms with Crippen molar-refractivity contribution in [1.29, 1.82) is 0 Å². The Hall–Kier alpha value is -1.64. The molecule has 0 radical (unpaired) electrons. The molecule has 3 rings (SSSR count). The molecule has 2 heteroatoms. The number of likely N-dealkylation sites (tertiary alicyclic amines) is 1. The van der Waals surface area contributed by atoms with E-state index in [9.17, 15) is 0 Å². The van der Waals surface area contributed by atoms with E-state index in [0.29, 0.717) is 6.54 Å². The zero-order chi connectivity index (χ0) is 15.5. The molecule has 0 aromatic heterocycles. The van der Waals surface area contributed by atoms with Crippen molar-refractivity contribution in [1.82, 2.24) is 4.90 Å². The molecule has 1 fully saturated rings. The van der Waals surface area contributed by atoms with E-state index in [1.54, 1.807) is 0 Å². The summed E-state index contributed by atoms with van der Waals surface area (Å²) in [6, 6.07) is 20.8. The fourth-order valence-corrected chi connectivity index (χ4v) is 2.73. The van der Waals surface area contributed by atoms with Gasteiger partial charge in [-0.25, -0.2) is 0 Å². The molecule has 1 aliphatic rings. The molecule has 0 unspecified atom stereocenters. The number of rotatable bonds is 4. The molecule has 1 saturated heterocycles. The average molecular weight is 296 g/mol. The number of nitrogens with two attached hydrogens (primary N) is 1. The lowest BCUT2D eigenvalue weighted by Gasteiger charge is -2.26. The Morgan fingerprint density at radius 3 is 1.77 bits per heavy atom. The van der Waals surface area contributed by atoms with E-state index in [0.717, 1.165) is 0 Å². The molecule has 0 bridgehead atoms. The quantitative estimate of drug-likeness (QED) is 0.928. The van der Waals surface area contributed by atoms with Crippen molar-refractivity contribution >= 4 is 0 Å². The van der Waals surface area contributed by atoms with Crippen molar-refractivity contribution in [2.24, 2.45) is 5.73 Å². The highest BCUT2D eigenvalue weighted by Gasteiger charge is 2.08. The highest BCUT2D eigenvalue weighted by atomic mass is 15.1. The van der Waals surface area contributed by atoms with Gasteiger partial charge in [0.25, 0.3) is 0 Å². The second-order valence-corrected chi connectivity index (χ2v) is 5.83. The van der Waals surface area contributed by atoms with Crippen LogP contribution in [0.2, 0.25) is 0 Å². The molecule has 0 atom stereocenters. The summed E-state index contributed by atoms with van der Waals surface area (Å²) in [6.45, 7) is 4.50. The summed E-state index contributed by atoms with van der Waals surface area (Å²) in [6.07, 6.45) is 5.44. The van der Waals surface area contributed by atoms with Crippen molar-refractivity contribution < 1.29 is 0 Å². The lowest BCUT2D eigenvalue weighted by molar-refractivity contribution is 0.231. The summed E-state index contributed by atoms with van der Waals surface area (Å²) < 4.78 is 0. The van der Waals surface area contributed by atoms with Crippen LogP contribution in [-0.2, 0) is 13.0 Å². The zero-order valence-corrected chi connectivity index (χ0v) is 13.5. The fourth-order valence-electron chi connectivity index (χ4n) is 2.73. The number of nitrogens with zero attached hydrogens (tertiary/aromatic N) is 1. The monoisotopic (exact) mass is 296 g/mol. The summed E-state index contributed by atoms with van der Waals surface area (Å²) in [5.41, 5.74) is 8.01. The highest BCUT2D eigenvalue weighted by Crippen LogP contribution is 2.09. The van der Waals surface area contributed by atoms with Crippen molar-refractivity contribution in [3.05, 3.63) is 71.8 Å². The van der Waals surface area contributed by atoms with E-state index in [-0.39, 0.29) is 0 Å². The maximum absolute atomic E-state index is 5.35. The predicted octanol–water partition coefficient (Wildman–Crippen LogP) is 3.86. The van der Waals surface area contributed by atoms with E-state index >= 15 is 0 Å². The third-order valence-electron chi connectivity index (χ3n) is 4.09. The van der Waals surface area contributed by atoms with Crippen molar-refractivity contribution in [3.63, 3.8) is 0 Å². The van der Waals surface area contributed by atoms with Crippen LogP contribution >= 0.6 is 0 Å². The standard InChI is InChI=1S/C13H19N.C7H9N/c1-3-7-13(8-4-1)9-12-14-10-5-2-6-11-14;8-6-7-4-2-1-3-5-7/h1,3-4,7-8H,2,5-6,9-12H2;1-5H,6,8H2. The van der Waals surface area contributed by atoms with Gasteiger partial charge in [0.15, 0.2) is 0 Å². The van der Waals surface area contributed by atoms with Crippen molar-refractivity contribution in [2.75, 3.05) is 19.6 Å². The Balaban J connectivity index is 0.000000188. The van der Waals surface area contributed by atoms with Crippen LogP contribution in [0.3, 0.4) is 0 Å². The van der Waals surface area contributed by atoms with Crippen LogP contribution in [0, 0.1) is 0 Å². The van der Waals surface area contributed by atoms with E-state index in [1.165, 1.54) is 56.4 Å². The summed E-state index contributed by atoms with van der Waals surface area (Å²) in [7, 11) is 0. The molecule has 1 aliphatic heterocycles. The number of hydrogen-bond donors (Lipinski definition) is 1. The summed E-state index contributed by atoms with van der Waals surface area (Å²) >= 11 is 0.